The zero-order chi connectivity index (χ0) is 15.2. The highest BCUT2D eigenvalue weighted by Crippen LogP contribution is 2.17. The number of H-pyrrole nitrogens is 1. The quantitative estimate of drug-likeness (QED) is 0.683. The van der Waals surface area contributed by atoms with Crippen molar-refractivity contribution < 1.29 is 4.74 Å². The van der Waals surface area contributed by atoms with Gasteiger partial charge >= 0.3 is 0 Å². The molecule has 3 rings (SSSR count). The van der Waals surface area contributed by atoms with E-state index < -0.39 is 0 Å². The molecule has 0 aliphatic heterocycles. The van der Waals surface area contributed by atoms with Crippen LogP contribution in [0.1, 0.15) is 24.5 Å². The van der Waals surface area contributed by atoms with Gasteiger partial charge in [0, 0.05) is 30.2 Å². The summed E-state index contributed by atoms with van der Waals surface area (Å²) in [6.45, 7) is 4.61. The van der Waals surface area contributed by atoms with Crippen LogP contribution < -0.4 is 10.1 Å². The van der Waals surface area contributed by atoms with Crippen LogP contribution in [0.25, 0.3) is 10.9 Å². The van der Waals surface area contributed by atoms with E-state index in [1.54, 1.807) is 0 Å². The standard InChI is InChI=1S/C19H22N2O/c1-2-12-22-17-8-6-15(7-9-17)13-20-14-16-4-3-5-19-18(16)10-11-21-19/h3-11,20-21H,2,12-14H2,1H3. The molecular formula is C19H22N2O. The van der Waals surface area contributed by atoms with Crippen molar-refractivity contribution in [1.82, 2.24) is 10.3 Å². The van der Waals surface area contributed by atoms with E-state index >= 15 is 0 Å². The molecule has 0 saturated heterocycles. The van der Waals surface area contributed by atoms with Gasteiger partial charge in [0.2, 0.25) is 0 Å². The molecule has 2 aromatic carbocycles. The number of hydrogen-bond acceptors (Lipinski definition) is 2. The summed E-state index contributed by atoms with van der Waals surface area (Å²) in [6, 6.07) is 16.8. The second kappa shape index (κ2) is 7.14. The van der Waals surface area contributed by atoms with Gasteiger partial charge in [-0.1, -0.05) is 31.2 Å². The predicted octanol–water partition coefficient (Wildman–Crippen LogP) is 4.25. The third-order valence-corrected chi connectivity index (χ3v) is 3.73. The van der Waals surface area contributed by atoms with Crippen LogP contribution in [-0.4, -0.2) is 11.6 Å². The first-order chi connectivity index (χ1) is 10.9. The summed E-state index contributed by atoms with van der Waals surface area (Å²) >= 11 is 0. The van der Waals surface area contributed by atoms with E-state index in [1.807, 2.05) is 18.3 Å². The van der Waals surface area contributed by atoms with E-state index in [4.69, 9.17) is 4.74 Å². The average molecular weight is 294 g/mol. The maximum atomic E-state index is 5.60. The molecule has 0 amide bonds. The van der Waals surface area contributed by atoms with Gasteiger partial charge in [-0.05, 0) is 41.8 Å². The smallest absolute Gasteiger partial charge is 0.119 e. The Morgan fingerprint density at radius 3 is 2.68 bits per heavy atom. The Morgan fingerprint density at radius 2 is 1.86 bits per heavy atom. The molecule has 114 valence electrons. The molecule has 1 aromatic heterocycles. The van der Waals surface area contributed by atoms with E-state index in [0.29, 0.717) is 0 Å². The second-order valence-electron chi connectivity index (χ2n) is 5.45. The van der Waals surface area contributed by atoms with Crippen LogP contribution in [0.4, 0.5) is 0 Å². The fourth-order valence-corrected chi connectivity index (χ4v) is 2.57. The maximum Gasteiger partial charge on any atom is 0.119 e. The predicted molar refractivity (Wildman–Crippen MR) is 91.1 cm³/mol. The van der Waals surface area contributed by atoms with Crippen molar-refractivity contribution in [2.75, 3.05) is 6.61 Å². The Kier molecular flexibility index (Phi) is 4.76. The minimum Gasteiger partial charge on any atom is -0.494 e. The molecule has 22 heavy (non-hydrogen) atoms. The monoisotopic (exact) mass is 294 g/mol. The SMILES string of the molecule is CCCOc1ccc(CNCc2cccc3[nH]ccc23)cc1. The van der Waals surface area contributed by atoms with Gasteiger partial charge in [-0.15, -0.1) is 0 Å². The largest absolute Gasteiger partial charge is 0.494 e. The summed E-state index contributed by atoms with van der Waals surface area (Å²) in [5.41, 5.74) is 3.78. The van der Waals surface area contributed by atoms with Crippen molar-refractivity contribution >= 4 is 10.9 Å². The van der Waals surface area contributed by atoms with Crippen molar-refractivity contribution in [3.63, 3.8) is 0 Å². The van der Waals surface area contributed by atoms with Crippen LogP contribution in [0.2, 0.25) is 0 Å². The number of hydrogen-bond donors (Lipinski definition) is 2. The van der Waals surface area contributed by atoms with Gasteiger partial charge in [0.05, 0.1) is 6.61 Å². The van der Waals surface area contributed by atoms with Crippen LogP contribution in [0.15, 0.2) is 54.7 Å². The van der Waals surface area contributed by atoms with Gasteiger partial charge in [-0.2, -0.15) is 0 Å². The Morgan fingerprint density at radius 1 is 1.00 bits per heavy atom. The van der Waals surface area contributed by atoms with Gasteiger partial charge in [0.1, 0.15) is 5.75 Å². The minimum atomic E-state index is 0.776. The zero-order valence-electron chi connectivity index (χ0n) is 12.9. The summed E-state index contributed by atoms with van der Waals surface area (Å²) in [5, 5.41) is 4.80. The average Bonchev–Trinajstić information content (AvgIpc) is 3.03. The number of aromatic nitrogens is 1. The fourth-order valence-electron chi connectivity index (χ4n) is 2.57. The lowest BCUT2D eigenvalue weighted by molar-refractivity contribution is 0.317. The van der Waals surface area contributed by atoms with E-state index in [1.165, 1.54) is 22.0 Å². The number of fused-ring (bicyclic) bond motifs is 1. The Balaban J connectivity index is 1.55. The lowest BCUT2D eigenvalue weighted by Gasteiger charge is -2.08. The maximum absolute atomic E-state index is 5.60. The Labute approximate surface area is 131 Å². The highest BCUT2D eigenvalue weighted by molar-refractivity contribution is 5.82. The molecule has 0 atom stereocenters. The molecule has 1 heterocycles. The fraction of sp³-hybridized carbons (Fsp3) is 0.263. The summed E-state index contributed by atoms with van der Waals surface area (Å²) in [7, 11) is 0. The van der Waals surface area contributed by atoms with E-state index in [0.717, 1.165) is 31.9 Å². The van der Waals surface area contributed by atoms with Gasteiger partial charge in [0.25, 0.3) is 0 Å². The van der Waals surface area contributed by atoms with Gasteiger partial charge in [-0.3, -0.25) is 0 Å². The molecule has 0 aliphatic rings. The van der Waals surface area contributed by atoms with Crippen LogP contribution in [-0.2, 0) is 13.1 Å². The molecule has 0 spiro atoms. The first kappa shape index (κ1) is 14.7. The van der Waals surface area contributed by atoms with Crippen molar-refractivity contribution in [1.29, 1.82) is 0 Å². The summed E-state index contributed by atoms with van der Waals surface area (Å²) in [6.07, 6.45) is 3.03. The molecule has 0 saturated carbocycles. The van der Waals surface area contributed by atoms with E-state index in [2.05, 4.69) is 53.6 Å². The molecule has 3 heteroatoms. The number of nitrogens with one attached hydrogen (secondary N) is 2. The van der Waals surface area contributed by atoms with E-state index in [9.17, 15) is 0 Å². The van der Waals surface area contributed by atoms with Crippen LogP contribution >= 0.6 is 0 Å². The normalized spacial score (nSPS) is 11.0. The van der Waals surface area contributed by atoms with Crippen LogP contribution in [0.5, 0.6) is 5.75 Å². The topological polar surface area (TPSA) is 37.0 Å². The molecule has 3 aromatic rings. The van der Waals surface area contributed by atoms with Crippen molar-refractivity contribution in [2.24, 2.45) is 0 Å². The molecule has 0 radical (unpaired) electrons. The highest BCUT2D eigenvalue weighted by Gasteiger charge is 2.01. The number of aromatic amines is 1. The summed E-state index contributed by atoms with van der Waals surface area (Å²) < 4.78 is 5.60. The van der Waals surface area contributed by atoms with E-state index in [-0.39, 0.29) is 0 Å². The first-order valence-electron chi connectivity index (χ1n) is 7.84. The zero-order valence-corrected chi connectivity index (χ0v) is 12.9. The molecule has 0 aliphatic carbocycles. The summed E-state index contributed by atoms with van der Waals surface area (Å²) in [5.74, 6) is 0.947. The first-order valence-corrected chi connectivity index (χ1v) is 7.84. The number of ether oxygens (including phenoxy) is 1. The second-order valence-corrected chi connectivity index (χ2v) is 5.45. The van der Waals surface area contributed by atoms with Crippen LogP contribution in [0.3, 0.4) is 0 Å². The van der Waals surface area contributed by atoms with Gasteiger partial charge in [0.15, 0.2) is 0 Å². The highest BCUT2D eigenvalue weighted by atomic mass is 16.5. The molecule has 0 bridgehead atoms. The molecule has 2 N–H and O–H groups in total. The summed E-state index contributed by atoms with van der Waals surface area (Å²) in [4.78, 5) is 3.25. The van der Waals surface area contributed by atoms with Crippen molar-refractivity contribution in [3.8, 4) is 5.75 Å². The molecule has 0 unspecified atom stereocenters. The lowest BCUT2D eigenvalue weighted by Crippen LogP contribution is -2.12. The van der Waals surface area contributed by atoms with Gasteiger partial charge < -0.3 is 15.0 Å². The molecular weight excluding hydrogens is 272 g/mol. The number of benzene rings is 2. The third kappa shape index (κ3) is 3.49. The number of rotatable bonds is 7. The Bertz CT molecular complexity index is 716. The van der Waals surface area contributed by atoms with Crippen molar-refractivity contribution in [2.45, 2.75) is 26.4 Å². The third-order valence-electron chi connectivity index (χ3n) is 3.73. The Hall–Kier alpha value is -2.26. The van der Waals surface area contributed by atoms with Crippen LogP contribution in [0, 0.1) is 0 Å². The lowest BCUT2D eigenvalue weighted by atomic mass is 10.1. The minimum absolute atomic E-state index is 0.776. The molecule has 0 fully saturated rings. The molecule has 3 nitrogen and oxygen atoms in total. The van der Waals surface area contributed by atoms with Gasteiger partial charge in [-0.25, -0.2) is 0 Å². The van der Waals surface area contributed by atoms with Crippen molar-refractivity contribution in [3.05, 3.63) is 65.9 Å².